The van der Waals surface area contributed by atoms with Gasteiger partial charge in [0.1, 0.15) is 5.75 Å². The number of carbonyl (C=O) groups is 1. The van der Waals surface area contributed by atoms with E-state index in [9.17, 15) is 14.9 Å². The number of hydrogen-bond acceptors (Lipinski definition) is 5. The molecule has 0 radical (unpaired) electrons. The summed E-state index contributed by atoms with van der Waals surface area (Å²) in [6.45, 7) is 3.35. The number of fused-ring (bicyclic) bond motifs is 4. The van der Waals surface area contributed by atoms with E-state index in [2.05, 4.69) is 49.2 Å². The molecule has 1 aliphatic carbocycles. The van der Waals surface area contributed by atoms with Crippen LogP contribution < -0.4 is 4.74 Å². The molecule has 3 unspecified atom stereocenters. The maximum Gasteiger partial charge on any atom is 0.343 e. The van der Waals surface area contributed by atoms with E-state index in [1.165, 1.54) is 41.0 Å². The molecule has 6 heteroatoms. The smallest absolute Gasteiger partial charge is 0.343 e. The van der Waals surface area contributed by atoms with Gasteiger partial charge in [0.2, 0.25) is 0 Å². The first-order chi connectivity index (χ1) is 15.9. The maximum atomic E-state index is 12.7. The number of nitro benzene ring substituents is 1. The van der Waals surface area contributed by atoms with Crippen LogP contribution in [0.2, 0.25) is 0 Å². The van der Waals surface area contributed by atoms with Gasteiger partial charge in [0.25, 0.3) is 5.69 Å². The number of ether oxygens (including phenoxy) is 1. The summed E-state index contributed by atoms with van der Waals surface area (Å²) in [7, 11) is 2.21. The molecule has 1 aliphatic heterocycles. The monoisotopic (exact) mass is 442 g/mol. The number of benzene rings is 3. The first-order valence-electron chi connectivity index (χ1n) is 11.3. The van der Waals surface area contributed by atoms with Crippen molar-refractivity contribution in [3.8, 4) is 5.75 Å². The Kier molecular flexibility index (Phi) is 5.25. The highest BCUT2D eigenvalue weighted by Gasteiger charge is 2.51. The van der Waals surface area contributed by atoms with Crippen molar-refractivity contribution in [3.63, 3.8) is 0 Å². The van der Waals surface area contributed by atoms with Gasteiger partial charge >= 0.3 is 5.97 Å². The minimum Gasteiger partial charge on any atom is -0.423 e. The average Bonchev–Trinajstić information content (AvgIpc) is 2.83. The van der Waals surface area contributed by atoms with Gasteiger partial charge in [0, 0.05) is 23.6 Å². The zero-order chi connectivity index (χ0) is 23.2. The second kappa shape index (κ2) is 8.12. The zero-order valence-electron chi connectivity index (χ0n) is 18.7. The number of carbonyl (C=O) groups excluding carboxylic acids is 1. The Hall–Kier alpha value is -3.51. The number of non-ortho nitro benzene ring substituents is 1. The van der Waals surface area contributed by atoms with Gasteiger partial charge in [-0.05, 0) is 73.3 Å². The van der Waals surface area contributed by atoms with Crippen LogP contribution in [-0.2, 0) is 11.8 Å². The number of piperidine rings is 1. The molecule has 0 amide bonds. The molecule has 3 aromatic carbocycles. The van der Waals surface area contributed by atoms with E-state index in [4.69, 9.17) is 4.74 Å². The third-order valence-electron chi connectivity index (χ3n) is 7.58. The van der Waals surface area contributed by atoms with Crippen molar-refractivity contribution in [1.29, 1.82) is 0 Å². The maximum absolute atomic E-state index is 12.7. The van der Waals surface area contributed by atoms with Crippen molar-refractivity contribution in [1.82, 2.24) is 4.90 Å². The second-order valence-corrected chi connectivity index (χ2v) is 9.14. The Balaban J connectivity index is 1.52. The number of nitrogens with zero attached hydrogens (tertiary/aromatic N) is 2. The molecule has 1 fully saturated rings. The summed E-state index contributed by atoms with van der Waals surface area (Å²) in [6.07, 6.45) is 1.97. The number of likely N-dealkylation sites (tertiary alicyclic amines) is 1. The molecule has 0 spiro atoms. The van der Waals surface area contributed by atoms with Crippen LogP contribution in [0.1, 0.15) is 40.4 Å². The molecular weight excluding hydrogens is 416 g/mol. The molecule has 33 heavy (non-hydrogen) atoms. The van der Waals surface area contributed by atoms with Crippen molar-refractivity contribution in [2.24, 2.45) is 5.92 Å². The Morgan fingerprint density at radius 2 is 1.82 bits per heavy atom. The molecule has 1 saturated heterocycles. The molecular formula is C27H26N2O4. The van der Waals surface area contributed by atoms with Crippen molar-refractivity contribution in [3.05, 3.63) is 105 Å². The average molecular weight is 443 g/mol. The van der Waals surface area contributed by atoms with Crippen LogP contribution >= 0.6 is 0 Å². The Morgan fingerprint density at radius 1 is 1.09 bits per heavy atom. The lowest BCUT2D eigenvalue weighted by Gasteiger charge is -2.55. The van der Waals surface area contributed by atoms with Crippen LogP contribution in [0.5, 0.6) is 5.75 Å². The predicted molar refractivity (Wildman–Crippen MR) is 126 cm³/mol. The molecule has 5 rings (SSSR count). The molecule has 2 aliphatic rings. The summed E-state index contributed by atoms with van der Waals surface area (Å²) < 4.78 is 5.72. The molecule has 3 aromatic rings. The van der Waals surface area contributed by atoms with Gasteiger partial charge in [-0.15, -0.1) is 0 Å². The number of nitro groups is 1. The standard InChI is InChI=1S/C27H26N2O4/c1-18-25-16-20-10-13-23(33-26(30)19-8-11-22(12-9-19)29(31)32)17-24(20)27(18,14-15-28(25)2)21-6-4-3-5-7-21/h3-13,17-18,25H,14-16H2,1-2H3. The SMILES string of the molecule is CC1C2Cc3ccc(OC(=O)c4ccc([N+](=O)[O-])cc4)cc3C1(c1ccccc1)CCN2C. The fourth-order valence-corrected chi connectivity index (χ4v) is 5.79. The quantitative estimate of drug-likeness (QED) is 0.246. The summed E-state index contributed by atoms with van der Waals surface area (Å²) in [6, 6.07) is 22.6. The van der Waals surface area contributed by atoms with E-state index in [0.717, 1.165) is 19.4 Å². The summed E-state index contributed by atoms with van der Waals surface area (Å²) >= 11 is 0. The number of rotatable bonds is 4. The van der Waals surface area contributed by atoms with Crippen LogP contribution in [0.15, 0.2) is 72.8 Å². The molecule has 1 heterocycles. The Morgan fingerprint density at radius 3 is 2.52 bits per heavy atom. The fraction of sp³-hybridized carbons (Fsp3) is 0.296. The van der Waals surface area contributed by atoms with Crippen LogP contribution in [-0.4, -0.2) is 35.4 Å². The third kappa shape index (κ3) is 3.51. The number of hydrogen-bond donors (Lipinski definition) is 0. The van der Waals surface area contributed by atoms with Crippen LogP contribution in [0.4, 0.5) is 5.69 Å². The highest BCUT2D eigenvalue weighted by atomic mass is 16.6. The van der Waals surface area contributed by atoms with Crippen molar-refractivity contribution in [2.45, 2.75) is 31.2 Å². The molecule has 0 aromatic heterocycles. The van der Waals surface area contributed by atoms with E-state index in [-0.39, 0.29) is 16.7 Å². The lowest BCUT2D eigenvalue weighted by molar-refractivity contribution is -0.384. The van der Waals surface area contributed by atoms with E-state index in [1.54, 1.807) is 0 Å². The normalized spacial score (nSPS) is 24.1. The van der Waals surface area contributed by atoms with Crippen molar-refractivity contribution in [2.75, 3.05) is 13.6 Å². The molecule has 0 N–H and O–H groups in total. The van der Waals surface area contributed by atoms with E-state index >= 15 is 0 Å². The van der Waals surface area contributed by atoms with Gasteiger partial charge < -0.3 is 9.64 Å². The van der Waals surface area contributed by atoms with Crippen molar-refractivity contribution >= 4 is 11.7 Å². The second-order valence-electron chi connectivity index (χ2n) is 9.14. The molecule has 0 saturated carbocycles. The van der Waals surface area contributed by atoms with Gasteiger partial charge in [-0.1, -0.05) is 43.3 Å². The highest BCUT2D eigenvalue weighted by molar-refractivity contribution is 5.91. The lowest BCUT2D eigenvalue weighted by atomic mass is 9.55. The Labute approximate surface area is 193 Å². The van der Waals surface area contributed by atoms with Crippen LogP contribution in [0.25, 0.3) is 0 Å². The molecule has 6 nitrogen and oxygen atoms in total. The molecule has 2 bridgehead atoms. The lowest BCUT2D eigenvalue weighted by Crippen LogP contribution is -2.58. The first-order valence-corrected chi connectivity index (χ1v) is 11.3. The highest BCUT2D eigenvalue weighted by Crippen LogP contribution is 2.53. The zero-order valence-corrected chi connectivity index (χ0v) is 18.7. The summed E-state index contributed by atoms with van der Waals surface area (Å²) in [5, 5.41) is 10.9. The molecule has 168 valence electrons. The van der Waals surface area contributed by atoms with Crippen LogP contribution in [0, 0.1) is 16.0 Å². The summed E-state index contributed by atoms with van der Waals surface area (Å²) in [4.78, 5) is 25.6. The predicted octanol–water partition coefficient (Wildman–Crippen LogP) is 5.00. The van der Waals surface area contributed by atoms with Crippen LogP contribution in [0.3, 0.4) is 0 Å². The van der Waals surface area contributed by atoms with Gasteiger partial charge in [0.05, 0.1) is 10.5 Å². The van der Waals surface area contributed by atoms with E-state index in [1.807, 2.05) is 18.2 Å². The van der Waals surface area contributed by atoms with E-state index in [0.29, 0.717) is 17.7 Å². The first kappa shape index (κ1) is 21.3. The van der Waals surface area contributed by atoms with Gasteiger partial charge in [-0.2, -0.15) is 0 Å². The minimum absolute atomic E-state index is 0.0593. The number of esters is 1. The fourth-order valence-electron chi connectivity index (χ4n) is 5.79. The van der Waals surface area contributed by atoms with Gasteiger partial charge in [-0.25, -0.2) is 4.79 Å². The largest absolute Gasteiger partial charge is 0.423 e. The van der Waals surface area contributed by atoms with Gasteiger partial charge in [-0.3, -0.25) is 10.1 Å². The topological polar surface area (TPSA) is 72.7 Å². The van der Waals surface area contributed by atoms with E-state index < -0.39 is 10.9 Å². The Bertz CT molecular complexity index is 1210. The summed E-state index contributed by atoms with van der Waals surface area (Å²) in [5.41, 5.74) is 3.92. The van der Waals surface area contributed by atoms with Crippen molar-refractivity contribution < 1.29 is 14.5 Å². The van der Waals surface area contributed by atoms with Gasteiger partial charge in [0.15, 0.2) is 0 Å². The third-order valence-corrected chi connectivity index (χ3v) is 7.58. The summed E-state index contributed by atoms with van der Waals surface area (Å²) in [5.74, 6) is 0.382. The molecule has 3 atom stereocenters. The number of likely N-dealkylation sites (N-methyl/N-ethyl adjacent to an activating group) is 1. The minimum atomic E-state index is -0.524.